The average Bonchev–Trinajstić information content (AvgIpc) is 2.98. The van der Waals surface area contributed by atoms with Crippen molar-refractivity contribution >= 4 is 17.5 Å². The number of nitrogens with two attached hydrogens (primary N) is 1. The summed E-state index contributed by atoms with van der Waals surface area (Å²) in [5.41, 5.74) is 7.66. The van der Waals surface area contributed by atoms with E-state index in [0.29, 0.717) is 35.3 Å². The third-order valence-corrected chi connectivity index (χ3v) is 3.75. The second-order valence-corrected chi connectivity index (χ2v) is 5.43. The molecule has 1 aliphatic heterocycles. The number of rotatable bonds is 1. The van der Waals surface area contributed by atoms with E-state index in [1.54, 1.807) is 24.4 Å². The van der Waals surface area contributed by atoms with Crippen LogP contribution in [0, 0.1) is 0 Å². The van der Waals surface area contributed by atoms with E-state index in [1.165, 1.54) is 0 Å². The van der Waals surface area contributed by atoms with Crippen LogP contribution in [0.3, 0.4) is 0 Å². The van der Waals surface area contributed by atoms with Crippen molar-refractivity contribution < 1.29 is 9.59 Å². The molecule has 0 spiro atoms. The first-order valence-electron chi connectivity index (χ1n) is 7.57. The van der Waals surface area contributed by atoms with Gasteiger partial charge in [0.05, 0.1) is 23.1 Å². The highest BCUT2D eigenvalue weighted by molar-refractivity contribution is 6.05. The SMILES string of the molecule is NC(=O)c1cccc2c1-c1cnc([nH]1)CC/C=C/CCC(=O)N2. The number of hydrogen-bond acceptors (Lipinski definition) is 3. The Labute approximate surface area is 133 Å². The lowest BCUT2D eigenvalue weighted by Crippen LogP contribution is -2.16. The summed E-state index contributed by atoms with van der Waals surface area (Å²) in [7, 11) is 0. The van der Waals surface area contributed by atoms with Crippen LogP contribution in [0.2, 0.25) is 0 Å². The first kappa shape index (κ1) is 15.0. The van der Waals surface area contributed by atoms with Crippen molar-refractivity contribution in [2.24, 2.45) is 5.73 Å². The van der Waals surface area contributed by atoms with Gasteiger partial charge in [0.2, 0.25) is 11.8 Å². The molecule has 118 valence electrons. The number of imidazole rings is 1. The van der Waals surface area contributed by atoms with Crippen LogP contribution < -0.4 is 11.1 Å². The molecule has 0 radical (unpaired) electrons. The Hall–Kier alpha value is -2.89. The summed E-state index contributed by atoms with van der Waals surface area (Å²) in [6.45, 7) is 0. The molecule has 6 heteroatoms. The Morgan fingerprint density at radius 1 is 1.17 bits per heavy atom. The number of amides is 2. The molecule has 2 bridgehead atoms. The number of carbonyl (C=O) groups is 2. The Balaban J connectivity index is 2.12. The van der Waals surface area contributed by atoms with Crippen molar-refractivity contribution in [1.82, 2.24) is 9.97 Å². The number of primary amides is 1. The average molecular weight is 310 g/mol. The Morgan fingerprint density at radius 2 is 1.96 bits per heavy atom. The minimum atomic E-state index is -0.543. The number of hydrogen-bond donors (Lipinski definition) is 3. The minimum absolute atomic E-state index is 0.100. The zero-order valence-corrected chi connectivity index (χ0v) is 12.6. The molecule has 1 aromatic heterocycles. The van der Waals surface area contributed by atoms with Crippen LogP contribution in [0.4, 0.5) is 5.69 Å². The van der Waals surface area contributed by atoms with Crippen LogP contribution >= 0.6 is 0 Å². The van der Waals surface area contributed by atoms with Crippen molar-refractivity contribution in [2.45, 2.75) is 25.7 Å². The number of benzene rings is 1. The van der Waals surface area contributed by atoms with Crippen LogP contribution in [-0.2, 0) is 11.2 Å². The highest BCUT2D eigenvalue weighted by Gasteiger charge is 2.18. The lowest BCUT2D eigenvalue weighted by atomic mass is 10.0. The first-order chi connectivity index (χ1) is 11.1. The van der Waals surface area contributed by atoms with Gasteiger partial charge < -0.3 is 16.0 Å². The van der Waals surface area contributed by atoms with Crippen molar-refractivity contribution in [3.63, 3.8) is 0 Å². The van der Waals surface area contributed by atoms with Gasteiger partial charge in [-0.25, -0.2) is 4.98 Å². The van der Waals surface area contributed by atoms with E-state index < -0.39 is 5.91 Å². The van der Waals surface area contributed by atoms with Gasteiger partial charge >= 0.3 is 0 Å². The van der Waals surface area contributed by atoms with Gasteiger partial charge in [-0.2, -0.15) is 0 Å². The maximum Gasteiger partial charge on any atom is 0.249 e. The number of carbonyl (C=O) groups excluding carboxylic acids is 2. The zero-order valence-electron chi connectivity index (χ0n) is 12.6. The lowest BCUT2D eigenvalue weighted by molar-refractivity contribution is -0.116. The topological polar surface area (TPSA) is 101 Å². The molecule has 0 saturated carbocycles. The summed E-state index contributed by atoms with van der Waals surface area (Å²) in [5.74, 6) is 0.190. The van der Waals surface area contributed by atoms with E-state index in [9.17, 15) is 9.59 Å². The Morgan fingerprint density at radius 3 is 2.74 bits per heavy atom. The van der Waals surface area contributed by atoms with Crippen LogP contribution in [0.25, 0.3) is 11.3 Å². The van der Waals surface area contributed by atoms with Gasteiger partial charge in [0.1, 0.15) is 5.82 Å². The second kappa shape index (κ2) is 6.48. The number of aryl methyl sites for hydroxylation is 1. The van der Waals surface area contributed by atoms with E-state index in [1.807, 2.05) is 6.08 Å². The first-order valence-corrected chi connectivity index (χ1v) is 7.57. The third kappa shape index (κ3) is 3.31. The second-order valence-electron chi connectivity index (χ2n) is 5.43. The lowest BCUT2D eigenvalue weighted by Gasteiger charge is -2.13. The Kier molecular flexibility index (Phi) is 4.23. The smallest absolute Gasteiger partial charge is 0.249 e. The molecule has 4 N–H and O–H groups in total. The number of H-pyrrole nitrogens is 1. The minimum Gasteiger partial charge on any atom is -0.366 e. The van der Waals surface area contributed by atoms with Gasteiger partial charge in [0, 0.05) is 18.4 Å². The van der Waals surface area contributed by atoms with Crippen molar-refractivity contribution in [2.75, 3.05) is 5.32 Å². The molecule has 6 nitrogen and oxygen atoms in total. The number of allylic oxidation sites excluding steroid dienone is 2. The van der Waals surface area contributed by atoms with Crippen molar-refractivity contribution in [3.8, 4) is 11.3 Å². The summed E-state index contributed by atoms with van der Waals surface area (Å²) in [6, 6.07) is 5.11. The standard InChI is InChI=1S/C17H18N4O2/c18-17(23)11-6-5-7-12-16(11)13-10-19-14(20-13)8-3-1-2-4-9-15(22)21-12/h1-2,5-7,10H,3-4,8-9H2,(H2,18,23)(H,19,20)(H,21,22)/b2-1+. The highest BCUT2D eigenvalue weighted by atomic mass is 16.2. The molecule has 0 unspecified atom stereocenters. The number of aromatic nitrogens is 2. The number of nitrogens with one attached hydrogen (secondary N) is 2. The van der Waals surface area contributed by atoms with E-state index in [4.69, 9.17) is 5.73 Å². The normalized spacial score (nSPS) is 16.3. The molecule has 23 heavy (non-hydrogen) atoms. The fourth-order valence-corrected chi connectivity index (χ4v) is 2.65. The van der Waals surface area contributed by atoms with Gasteiger partial charge in [0.25, 0.3) is 0 Å². The summed E-state index contributed by atoms with van der Waals surface area (Å²) in [6.07, 6.45) is 8.41. The largest absolute Gasteiger partial charge is 0.366 e. The molecular formula is C17H18N4O2. The molecule has 0 aliphatic carbocycles. The van der Waals surface area contributed by atoms with Crippen LogP contribution in [0.5, 0.6) is 0 Å². The van der Waals surface area contributed by atoms with Crippen molar-refractivity contribution in [3.05, 3.63) is 47.9 Å². The summed E-state index contributed by atoms with van der Waals surface area (Å²) in [4.78, 5) is 31.4. The molecule has 0 atom stereocenters. The van der Waals surface area contributed by atoms with E-state index in [-0.39, 0.29) is 5.91 Å². The summed E-state index contributed by atoms with van der Waals surface area (Å²) >= 11 is 0. The van der Waals surface area contributed by atoms with E-state index in [0.717, 1.165) is 18.7 Å². The maximum atomic E-state index is 12.1. The zero-order chi connectivity index (χ0) is 16.2. The predicted molar refractivity (Wildman–Crippen MR) is 87.9 cm³/mol. The van der Waals surface area contributed by atoms with Crippen molar-refractivity contribution in [1.29, 1.82) is 0 Å². The molecule has 2 heterocycles. The van der Waals surface area contributed by atoms with Gasteiger partial charge in [-0.05, 0) is 25.0 Å². The maximum absolute atomic E-state index is 12.1. The highest BCUT2D eigenvalue weighted by Crippen LogP contribution is 2.31. The van der Waals surface area contributed by atoms with Crippen LogP contribution in [0.1, 0.15) is 35.4 Å². The fraction of sp³-hybridized carbons (Fsp3) is 0.235. The van der Waals surface area contributed by atoms with Gasteiger partial charge in [-0.15, -0.1) is 0 Å². The third-order valence-electron chi connectivity index (χ3n) is 3.75. The van der Waals surface area contributed by atoms with Gasteiger partial charge in [-0.3, -0.25) is 9.59 Å². The molecule has 3 rings (SSSR count). The molecule has 2 aromatic rings. The molecule has 1 aliphatic rings. The predicted octanol–water partition coefficient (Wildman–Crippen LogP) is 2.40. The fourth-order valence-electron chi connectivity index (χ4n) is 2.65. The number of aromatic amines is 1. The summed E-state index contributed by atoms with van der Waals surface area (Å²) < 4.78 is 0. The molecule has 1 aromatic carbocycles. The summed E-state index contributed by atoms with van der Waals surface area (Å²) in [5, 5.41) is 2.86. The van der Waals surface area contributed by atoms with E-state index >= 15 is 0 Å². The molecule has 2 amide bonds. The number of nitrogens with zero attached hydrogens (tertiary/aromatic N) is 1. The Bertz CT molecular complexity index is 777. The quantitative estimate of drug-likeness (QED) is 0.705. The van der Waals surface area contributed by atoms with Crippen LogP contribution in [-0.4, -0.2) is 21.8 Å². The van der Waals surface area contributed by atoms with Gasteiger partial charge in [-0.1, -0.05) is 18.2 Å². The van der Waals surface area contributed by atoms with Crippen LogP contribution in [0.15, 0.2) is 36.5 Å². The molecule has 0 fully saturated rings. The monoisotopic (exact) mass is 310 g/mol. The molecule has 0 saturated heterocycles. The molecular weight excluding hydrogens is 292 g/mol. The number of anilines is 1. The number of fused-ring (bicyclic) bond motifs is 4. The van der Waals surface area contributed by atoms with Gasteiger partial charge in [0.15, 0.2) is 0 Å². The van der Waals surface area contributed by atoms with E-state index in [2.05, 4.69) is 21.4 Å².